The van der Waals surface area contributed by atoms with E-state index in [2.05, 4.69) is 9.97 Å². The van der Waals surface area contributed by atoms with Crippen molar-refractivity contribution in [3.63, 3.8) is 0 Å². The number of benzene rings is 1. The number of carbonyl (C=O) groups excluding carboxylic acids is 1. The number of nitrogens with one attached hydrogen (secondary N) is 1. The Morgan fingerprint density at radius 1 is 1.26 bits per heavy atom. The van der Waals surface area contributed by atoms with E-state index >= 15 is 0 Å². The molecule has 1 heterocycles. The van der Waals surface area contributed by atoms with E-state index in [9.17, 15) is 4.79 Å². The van der Waals surface area contributed by atoms with Crippen molar-refractivity contribution in [3.8, 4) is 11.5 Å². The predicted molar refractivity (Wildman–Crippen MR) is 85.7 cm³/mol. The van der Waals surface area contributed by atoms with E-state index in [-0.39, 0.29) is 17.3 Å². The molecule has 0 aliphatic carbocycles. The van der Waals surface area contributed by atoms with Gasteiger partial charge < -0.3 is 19.2 Å². The van der Waals surface area contributed by atoms with Crippen LogP contribution in [0.1, 0.15) is 31.4 Å². The van der Waals surface area contributed by atoms with Crippen molar-refractivity contribution in [1.82, 2.24) is 9.97 Å². The molecule has 0 radical (unpaired) electrons. The van der Waals surface area contributed by atoms with Gasteiger partial charge in [0.15, 0.2) is 0 Å². The van der Waals surface area contributed by atoms with Gasteiger partial charge in [-0.05, 0) is 31.2 Å². The molecule has 23 heavy (non-hydrogen) atoms. The van der Waals surface area contributed by atoms with E-state index in [1.807, 2.05) is 45.0 Å². The van der Waals surface area contributed by atoms with Gasteiger partial charge in [0.1, 0.15) is 17.6 Å². The summed E-state index contributed by atoms with van der Waals surface area (Å²) in [6, 6.07) is 7.36. The highest BCUT2D eigenvalue weighted by Gasteiger charge is 2.31. The molecule has 0 amide bonds. The molecular weight excluding hydrogens is 296 g/mol. The van der Waals surface area contributed by atoms with Crippen molar-refractivity contribution >= 4 is 5.97 Å². The first kappa shape index (κ1) is 16.9. The number of hydrogen-bond donors (Lipinski definition) is 1. The van der Waals surface area contributed by atoms with E-state index in [0.29, 0.717) is 6.61 Å². The molecule has 0 aliphatic rings. The molecule has 124 valence electrons. The lowest BCUT2D eigenvalue weighted by Gasteiger charge is -2.30. The summed E-state index contributed by atoms with van der Waals surface area (Å²) in [7, 11) is 1.62. The molecule has 0 aliphatic heterocycles. The first-order valence-electron chi connectivity index (χ1n) is 7.39. The number of aromatic amines is 1. The minimum Gasteiger partial charge on any atom is -0.497 e. The van der Waals surface area contributed by atoms with Gasteiger partial charge in [0.05, 0.1) is 13.7 Å². The molecule has 1 unspecified atom stereocenters. The van der Waals surface area contributed by atoms with Crippen molar-refractivity contribution < 1.29 is 19.0 Å². The topological polar surface area (TPSA) is 73.4 Å². The van der Waals surface area contributed by atoms with Gasteiger partial charge in [-0.1, -0.05) is 13.8 Å². The number of rotatable bonds is 7. The van der Waals surface area contributed by atoms with Gasteiger partial charge in [0.25, 0.3) is 0 Å². The number of aromatic nitrogens is 2. The highest BCUT2D eigenvalue weighted by molar-refractivity contribution is 5.85. The molecule has 1 aromatic carbocycles. The number of esters is 1. The summed E-state index contributed by atoms with van der Waals surface area (Å²) in [5.74, 6) is 1.24. The summed E-state index contributed by atoms with van der Waals surface area (Å²) >= 11 is 0. The molecule has 1 aromatic heterocycles. The van der Waals surface area contributed by atoms with Crippen molar-refractivity contribution in [3.05, 3.63) is 42.5 Å². The maximum Gasteiger partial charge on any atom is 0.374 e. The van der Waals surface area contributed by atoms with Crippen molar-refractivity contribution in [1.29, 1.82) is 0 Å². The number of ether oxygens (including phenoxy) is 3. The van der Waals surface area contributed by atoms with Crippen molar-refractivity contribution in [2.75, 3.05) is 13.7 Å². The largest absolute Gasteiger partial charge is 0.497 e. The van der Waals surface area contributed by atoms with Crippen molar-refractivity contribution in [2.45, 2.75) is 26.9 Å². The summed E-state index contributed by atoms with van der Waals surface area (Å²) in [5.41, 5.74) is -0.359. The van der Waals surface area contributed by atoms with Gasteiger partial charge >= 0.3 is 5.97 Å². The third-order valence-corrected chi connectivity index (χ3v) is 3.75. The van der Waals surface area contributed by atoms with Gasteiger partial charge in [0.2, 0.25) is 5.82 Å². The van der Waals surface area contributed by atoms with Crippen LogP contribution in [0.4, 0.5) is 0 Å². The van der Waals surface area contributed by atoms with E-state index in [4.69, 9.17) is 14.2 Å². The van der Waals surface area contributed by atoms with Crippen LogP contribution in [0.25, 0.3) is 0 Å². The molecule has 6 heteroatoms. The second kappa shape index (κ2) is 7.17. The first-order chi connectivity index (χ1) is 10.9. The van der Waals surface area contributed by atoms with Crippen LogP contribution in [0.15, 0.2) is 36.7 Å². The maximum absolute atomic E-state index is 11.9. The number of imidazole rings is 1. The molecular formula is C17H22N2O4. The summed E-state index contributed by atoms with van der Waals surface area (Å²) in [5, 5.41) is 0. The Hall–Kier alpha value is -2.50. The number of methoxy groups -OCH3 is 1. The zero-order chi connectivity index (χ0) is 16.9. The van der Waals surface area contributed by atoms with Gasteiger partial charge in [-0.25, -0.2) is 9.78 Å². The number of carbonyl (C=O) groups is 1. The molecule has 0 bridgehead atoms. The van der Waals surface area contributed by atoms with E-state index in [0.717, 1.165) is 11.5 Å². The quantitative estimate of drug-likeness (QED) is 0.794. The van der Waals surface area contributed by atoms with Crippen LogP contribution in [-0.4, -0.2) is 35.8 Å². The summed E-state index contributed by atoms with van der Waals surface area (Å²) in [4.78, 5) is 18.6. The van der Waals surface area contributed by atoms with Crippen LogP contribution >= 0.6 is 0 Å². The number of hydrogen-bond acceptors (Lipinski definition) is 5. The summed E-state index contributed by atoms with van der Waals surface area (Å²) in [6.07, 6.45) is 2.76. The van der Waals surface area contributed by atoms with Crippen LogP contribution in [0.5, 0.6) is 11.5 Å². The van der Waals surface area contributed by atoms with Gasteiger partial charge in [0, 0.05) is 17.8 Å². The fourth-order valence-electron chi connectivity index (χ4n) is 1.81. The molecule has 2 aromatic rings. The minimum atomic E-state index is -0.472. The lowest BCUT2D eigenvalue weighted by Crippen LogP contribution is -2.36. The third kappa shape index (κ3) is 4.48. The highest BCUT2D eigenvalue weighted by atomic mass is 16.5. The van der Waals surface area contributed by atoms with Crippen LogP contribution < -0.4 is 9.47 Å². The lowest BCUT2D eigenvalue weighted by molar-refractivity contribution is -0.0152. The Balaban J connectivity index is 1.90. The Morgan fingerprint density at radius 2 is 1.91 bits per heavy atom. The highest BCUT2D eigenvalue weighted by Crippen LogP contribution is 2.26. The number of H-pyrrole nitrogens is 1. The molecule has 0 saturated carbocycles. The number of nitrogens with zero attached hydrogens (tertiary/aromatic N) is 1. The van der Waals surface area contributed by atoms with E-state index in [1.54, 1.807) is 13.3 Å². The average molecular weight is 318 g/mol. The van der Waals surface area contributed by atoms with E-state index < -0.39 is 5.97 Å². The minimum absolute atomic E-state index is 0.198. The third-order valence-electron chi connectivity index (χ3n) is 3.75. The monoisotopic (exact) mass is 318 g/mol. The first-order valence-corrected chi connectivity index (χ1v) is 7.39. The Kier molecular flexibility index (Phi) is 5.26. The molecule has 2 rings (SSSR count). The molecule has 1 atom stereocenters. The van der Waals surface area contributed by atoms with Gasteiger partial charge in [-0.2, -0.15) is 0 Å². The smallest absolute Gasteiger partial charge is 0.374 e. The predicted octanol–water partition coefficient (Wildman–Crippen LogP) is 3.07. The standard InChI is InChI=1S/C17H22N2O4/c1-12(23-16(20)15-18-9-10-19-15)17(2,3)11-22-14-7-5-13(21-4)6-8-14/h5-10,12H,11H2,1-4H3,(H,18,19). The molecule has 0 saturated heterocycles. The van der Waals surface area contributed by atoms with Crippen molar-refractivity contribution in [2.24, 2.45) is 5.41 Å². The van der Waals surface area contributed by atoms with Crippen LogP contribution in [0.2, 0.25) is 0 Å². The molecule has 6 nitrogen and oxygen atoms in total. The molecule has 0 spiro atoms. The average Bonchev–Trinajstić information content (AvgIpc) is 3.08. The second-order valence-corrected chi connectivity index (χ2v) is 5.94. The zero-order valence-corrected chi connectivity index (χ0v) is 13.8. The van der Waals surface area contributed by atoms with Crippen LogP contribution in [0.3, 0.4) is 0 Å². The Labute approximate surface area is 135 Å². The zero-order valence-electron chi connectivity index (χ0n) is 13.8. The molecule has 1 N–H and O–H groups in total. The summed E-state index contributed by atoms with van der Waals surface area (Å²) in [6.45, 7) is 6.22. The van der Waals surface area contributed by atoms with Crippen LogP contribution in [-0.2, 0) is 4.74 Å². The normalized spacial score (nSPS) is 12.5. The Bertz CT molecular complexity index is 621. The van der Waals surface area contributed by atoms with E-state index in [1.165, 1.54) is 6.20 Å². The SMILES string of the molecule is COc1ccc(OCC(C)(C)C(C)OC(=O)c2ncc[nH]2)cc1. The Morgan fingerprint density at radius 3 is 2.48 bits per heavy atom. The van der Waals surface area contributed by atoms with Gasteiger partial charge in [-0.3, -0.25) is 0 Å². The fraction of sp³-hybridized carbons (Fsp3) is 0.412. The molecule has 0 fully saturated rings. The summed E-state index contributed by atoms with van der Waals surface area (Å²) < 4.78 is 16.4. The second-order valence-electron chi connectivity index (χ2n) is 5.94. The van der Waals surface area contributed by atoms with Crippen LogP contribution in [0, 0.1) is 5.41 Å². The fourth-order valence-corrected chi connectivity index (χ4v) is 1.81. The maximum atomic E-state index is 11.9. The lowest BCUT2D eigenvalue weighted by atomic mass is 9.88. The van der Waals surface area contributed by atoms with Gasteiger partial charge in [-0.15, -0.1) is 0 Å².